The fourth-order valence-corrected chi connectivity index (χ4v) is 5.91. The van der Waals surface area contributed by atoms with Crippen LogP contribution in [0.25, 0.3) is 0 Å². The van der Waals surface area contributed by atoms with E-state index in [1.165, 1.54) is 148 Å². The normalized spacial score (nSPS) is 11.6. The molecule has 0 aliphatic rings. The maximum Gasteiger partial charge on any atom is 0.0701 e. The Morgan fingerprint density at radius 3 is 0.471 bits per heavy atom. The van der Waals surface area contributed by atoms with E-state index in [1.54, 1.807) is 0 Å². The third-order valence-corrected chi connectivity index (χ3v) is 9.14. The molecule has 0 fully saturated rings. The Hall–Kier alpha value is -0.320. The molecule has 308 valence electrons. The van der Waals surface area contributed by atoms with Gasteiger partial charge in [-0.3, -0.25) is 0 Å². The second kappa shape index (κ2) is 49.7. The van der Waals surface area contributed by atoms with Gasteiger partial charge in [0.15, 0.2) is 0 Å². The minimum absolute atomic E-state index is 0.554. The molecule has 0 heterocycles. The predicted octanol–water partition coefficient (Wildman–Crippen LogP) is 10.9. The molecule has 0 N–H and O–H groups in total. The van der Waals surface area contributed by atoms with E-state index in [2.05, 4.69) is 13.8 Å². The van der Waals surface area contributed by atoms with Gasteiger partial charge in [0.25, 0.3) is 0 Å². The molecule has 0 bridgehead atoms. The highest BCUT2D eigenvalue weighted by Gasteiger charge is 1.98. The van der Waals surface area contributed by atoms with Gasteiger partial charge in [0.2, 0.25) is 0 Å². The first kappa shape index (κ1) is 50.7. The molecule has 0 atom stereocenters. The maximum atomic E-state index is 5.69. The van der Waals surface area contributed by atoms with Crippen molar-refractivity contribution in [3.05, 3.63) is 0 Å². The standard InChI is InChI=1S/C43H88O8/c1-3-5-7-9-11-13-15-16-17-19-21-23-25-27-29-45-31-33-47-35-37-49-39-41-51-43-42-50-40-38-48-36-34-46-32-30-44-28-26-24-22-20-18-14-12-10-8-6-4-2/h3-43H2,1-2H3. The maximum absolute atomic E-state index is 5.69. The fraction of sp³-hybridized carbons (Fsp3) is 1.00. The summed E-state index contributed by atoms with van der Waals surface area (Å²) in [6, 6.07) is 0. The zero-order valence-electron chi connectivity index (χ0n) is 34.3. The highest BCUT2D eigenvalue weighted by Crippen LogP contribution is 2.13. The molecule has 0 aromatic heterocycles. The second-order valence-electron chi connectivity index (χ2n) is 14.0. The monoisotopic (exact) mass is 733 g/mol. The first-order valence-electron chi connectivity index (χ1n) is 22.0. The topological polar surface area (TPSA) is 73.8 Å². The van der Waals surface area contributed by atoms with Crippen LogP contribution >= 0.6 is 0 Å². The highest BCUT2D eigenvalue weighted by molar-refractivity contribution is 4.50. The highest BCUT2D eigenvalue weighted by atomic mass is 16.6. The molecule has 0 amide bonds. The van der Waals surface area contributed by atoms with Gasteiger partial charge in [0, 0.05) is 13.2 Å². The lowest BCUT2D eigenvalue weighted by atomic mass is 10.0. The molecule has 0 aliphatic carbocycles. The number of hydrogen-bond donors (Lipinski definition) is 0. The van der Waals surface area contributed by atoms with Crippen LogP contribution in [0.2, 0.25) is 0 Å². The van der Waals surface area contributed by atoms with Crippen molar-refractivity contribution in [2.45, 2.75) is 174 Å². The Morgan fingerprint density at radius 2 is 0.294 bits per heavy atom. The van der Waals surface area contributed by atoms with Crippen molar-refractivity contribution in [1.29, 1.82) is 0 Å². The fourth-order valence-electron chi connectivity index (χ4n) is 5.91. The average molecular weight is 733 g/mol. The summed E-state index contributed by atoms with van der Waals surface area (Å²) >= 11 is 0. The lowest BCUT2D eigenvalue weighted by Crippen LogP contribution is -2.15. The molecule has 0 spiro atoms. The van der Waals surface area contributed by atoms with Gasteiger partial charge in [-0.25, -0.2) is 0 Å². The van der Waals surface area contributed by atoms with Crippen LogP contribution in [-0.4, -0.2) is 106 Å². The summed E-state index contributed by atoms with van der Waals surface area (Å²) in [6.07, 6.45) is 34.3. The molecule has 8 heteroatoms. The van der Waals surface area contributed by atoms with Crippen LogP contribution in [0.5, 0.6) is 0 Å². The lowest BCUT2D eigenvalue weighted by Gasteiger charge is -2.09. The van der Waals surface area contributed by atoms with E-state index in [0.29, 0.717) is 92.5 Å². The smallest absolute Gasteiger partial charge is 0.0701 e. The Kier molecular flexibility index (Phi) is 49.4. The van der Waals surface area contributed by atoms with Crippen molar-refractivity contribution in [1.82, 2.24) is 0 Å². The largest absolute Gasteiger partial charge is 0.379 e. The van der Waals surface area contributed by atoms with Gasteiger partial charge >= 0.3 is 0 Å². The number of unbranched alkanes of at least 4 members (excludes halogenated alkanes) is 23. The summed E-state index contributed by atoms with van der Waals surface area (Å²) < 4.78 is 44.7. The lowest BCUT2D eigenvalue weighted by molar-refractivity contribution is -0.0232. The Labute approximate surface area is 317 Å². The van der Waals surface area contributed by atoms with Crippen molar-refractivity contribution < 1.29 is 37.9 Å². The summed E-state index contributed by atoms with van der Waals surface area (Å²) in [5.41, 5.74) is 0. The van der Waals surface area contributed by atoms with Crippen molar-refractivity contribution in [3.63, 3.8) is 0 Å². The summed E-state index contributed by atoms with van der Waals surface area (Å²) in [5, 5.41) is 0. The van der Waals surface area contributed by atoms with Crippen LogP contribution < -0.4 is 0 Å². The predicted molar refractivity (Wildman–Crippen MR) is 213 cm³/mol. The molecule has 0 unspecified atom stereocenters. The van der Waals surface area contributed by atoms with Crippen LogP contribution in [0.3, 0.4) is 0 Å². The van der Waals surface area contributed by atoms with Gasteiger partial charge in [0.05, 0.1) is 92.5 Å². The first-order chi connectivity index (χ1) is 25.4. The van der Waals surface area contributed by atoms with Gasteiger partial charge in [-0.2, -0.15) is 0 Å². The minimum Gasteiger partial charge on any atom is -0.379 e. The SMILES string of the molecule is CCCCCCCCCCCCCCCCOCCOCCOCCOCCOCCOCCOCCOCCCCCCCCCCCCC. The zero-order valence-corrected chi connectivity index (χ0v) is 34.3. The van der Waals surface area contributed by atoms with Gasteiger partial charge in [-0.1, -0.05) is 162 Å². The summed E-state index contributed by atoms with van der Waals surface area (Å²) in [6.45, 7) is 14.5. The number of hydrogen-bond acceptors (Lipinski definition) is 8. The van der Waals surface area contributed by atoms with Gasteiger partial charge < -0.3 is 37.9 Å². The second-order valence-corrected chi connectivity index (χ2v) is 14.0. The molecule has 0 aliphatic heterocycles. The van der Waals surface area contributed by atoms with E-state index in [9.17, 15) is 0 Å². The average Bonchev–Trinajstić information content (AvgIpc) is 3.14. The third-order valence-electron chi connectivity index (χ3n) is 9.14. The van der Waals surface area contributed by atoms with Gasteiger partial charge in [-0.05, 0) is 12.8 Å². The molecular weight excluding hydrogens is 644 g/mol. The van der Waals surface area contributed by atoms with Gasteiger partial charge in [-0.15, -0.1) is 0 Å². The molecule has 0 aromatic carbocycles. The van der Waals surface area contributed by atoms with Crippen LogP contribution in [-0.2, 0) is 37.9 Å². The molecule has 51 heavy (non-hydrogen) atoms. The molecule has 0 saturated heterocycles. The summed E-state index contributed by atoms with van der Waals surface area (Å²) in [5.74, 6) is 0. The van der Waals surface area contributed by atoms with Crippen molar-refractivity contribution in [2.24, 2.45) is 0 Å². The first-order valence-corrected chi connectivity index (χ1v) is 22.0. The van der Waals surface area contributed by atoms with Gasteiger partial charge in [0.1, 0.15) is 0 Å². The van der Waals surface area contributed by atoms with E-state index in [0.717, 1.165) is 26.1 Å². The van der Waals surface area contributed by atoms with E-state index in [4.69, 9.17) is 37.9 Å². The molecule has 8 nitrogen and oxygen atoms in total. The Morgan fingerprint density at radius 1 is 0.157 bits per heavy atom. The van der Waals surface area contributed by atoms with Crippen LogP contribution in [0.15, 0.2) is 0 Å². The van der Waals surface area contributed by atoms with Crippen LogP contribution in [0.4, 0.5) is 0 Å². The number of rotatable bonds is 48. The Bertz CT molecular complexity index is 534. The minimum atomic E-state index is 0.554. The zero-order chi connectivity index (χ0) is 36.6. The van der Waals surface area contributed by atoms with Crippen molar-refractivity contribution >= 4 is 0 Å². The van der Waals surface area contributed by atoms with E-state index in [-0.39, 0.29) is 0 Å². The summed E-state index contributed by atoms with van der Waals surface area (Å²) in [7, 11) is 0. The van der Waals surface area contributed by atoms with E-state index < -0.39 is 0 Å². The molecule has 0 aromatic rings. The molecular formula is C43H88O8. The molecule has 0 radical (unpaired) electrons. The quantitative estimate of drug-likeness (QED) is 0.0573. The van der Waals surface area contributed by atoms with E-state index >= 15 is 0 Å². The number of ether oxygens (including phenoxy) is 8. The van der Waals surface area contributed by atoms with Crippen LogP contribution in [0.1, 0.15) is 174 Å². The summed E-state index contributed by atoms with van der Waals surface area (Å²) in [4.78, 5) is 0. The van der Waals surface area contributed by atoms with Crippen molar-refractivity contribution in [2.75, 3.05) is 106 Å². The van der Waals surface area contributed by atoms with Crippen molar-refractivity contribution in [3.8, 4) is 0 Å². The molecule has 0 saturated carbocycles. The molecule has 0 rings (SSSR count). The van der Waals surface area contributed by atoms with E-state index in [1.807, 2.05) is 0 Å². The van der Waals surface area contributed by atoms with Crippen LogP contribution in [0, 0.1) is 0 Å². The Balaban J connectivity index is 3.04. The third kappa shape index (κ3) is 49.7.